The summed E-state index contributed by atoms with van der Waals surface area (Å²) in [5, 5.41) is 0. The van der Waals surface area contributed by atoms with Gasteiger partial charge < -0.3 is 5.73 Å². The topological polar surface area (TPSA) is 64.7 Å². The second-order valence-corrected chi connectivity index (χ2v) is 4.56. The summed E-state index contributed by atoms with van der Waals surface area (Å²) in [5.74, 6) is 1.05. The van der Waals surface area contributed by atoms with Gasteiger partial charge in [-0.25, -0.2) is 9.97 Å². The van der Waals surface area contributed by atoms with E-state index in [1.807, 2.05) is 49.4 Å². The molecule has 20 heavy (non-hydrogen) atoms. The average Bonchev–Trinajstić information content (AvgIpc) is 2.48. The number of rotatable bonds is 2. The van der Waals surface area contributed by atoms with Crippen molar-refractivity contribution in [2.75, 3.05) is 5.73 Å². The maximum atomic E-state index is 5.89. The van der Waals surface area contributed by atoms with E-state index in [0.29, 0.717) is 11.6 Å². The van der Waals surface area contributed by atoms with E-state index < -0.39 is 0 Å². The monoisotopic (exact) mass is 262 g/mol. The fourth-order valence-electron chi connectivity index (χ4n) is 1.95. The van der Waals surface area contributed by atoms with Crippen LogP contribution in [-0.4, -0.2) is 15.0 Å². The average molecular weight is 262 g/mol. The Morgan fingerprint density at radius 3 is 2.40 bits per heavy atom. The number of aryl methyl sites for hydroxylation is 1. The number of benzene rings is 1. The lowest BCUT2D eigenvalue weighted by atomic mass is 10.1. The van der Waals surface area contributed by atoms with Gasteiger partial charge in [-0.15, -0.1) is 0 Å². The predicted octanol–water partition coefficient (Wildman–Crippen LogP) is 3.10. The van der Waals surface area contributed by atoms with E-state index in [4.69, 9.17) is 5.73 Å². The van der Waals surface area contributed by atoms with Gasteiger partial charge in [-0.3, -0.25) is 4.98 Å². The molecule has 0 aliphatic carbocycles. The molecule has 4 heteroatoms. The third-order valence-corrected chi connectivity index (χ3v) is 2.99. The summed E-state index contributed by atoms with van der Waals surface area (Å²) in [6.45, 7) is 1.94. The van der Waals surface area contributed by atoms with Crippen LogP contribution in [0.4, 0.5) is 5.82 Å². The second-order valence-electron chi connectivity index (χ2n) is 4.56. The van der Waals surface area contributed by atoms with Crippen molar-refractivity contribution in [1.29, 1.82) is 0 Å². The van der Waals surface area contributed by atoms with E-state index in [2.05, 4.69) is 15.0 Å². The molecular formula is C16H14N4. The van der Waals surface area contributed by atoms with E-state index in [0.717, 1.165) is 22.5 Å². The van der Waals surface area contributed by atoms with Crippen molar-refractivity contribution in [3.8, 4) is 22.6 Å². The van der Waals surface area contributed by atoms with Crippen LogP contribution in [0.2, 0.25) is 0 Å². The highest BCUT2D eigenvalue weighted by Crippen LogP contribution is 2.22. The van der Waals surface area contributed by atoms with Crippen LogP contribution in [0.15, 0.2) is 54.7 Å². The number of hydrogen-bond donors (Lipinski definition) is 1. The molecular weight excluding hydrogens is 248 g/mol. The summed E-state index contributed by atoms with van der Waals surface area (Å²) in [5.41, 5.74) is 9.54. The summed E-state index contributed by atoms with van der Waals surface area (Å²) in [4.78, 5) is 13.1. The van der Waals surface area contributed by atoms with Crippen LogP contribution in [0, 0.1) is 6.92 Å². The molecule has 1 aromatic carbocycles. The molecule has 0 fully saturated rings. The predicted molar refractivity (Wildman–Crippen MR) is 79.8 cm³/mol. The van der Waals surface area contributed by atoms with Crippen molar-refractivity contribution >= 4 is 5.82 Å². The van der Waals surface area contributed by atoms with Gasteiger partial charge in [-0.1, -0.05) is 30.3 Å². The molecule has 2 N–H and O–H groups in total. The molecule has 0 unspecified atom stereocenters. The van der Waals surface area contributed by atoms with Crippen molar-refractivity contribution in [3.63, 3.8) is 0 Å². The summed E-state index contributed by atoms with van der Waals surface area (Å²) in [6.07, 6.45) is 1.76. The Bertz CT molecular complexity index is 721. The largest absolute Gasteiger partial charge is 0.384 e. The van der Waals surface area contributed by atoms with Gasteiger partial charge in [0.25, 0.3) is 0 Å². The van der Waals surface area contributed by atoms with E-state index in [-0.39, 0.29) is 0 Å². The molecule has 3 aromatic rings. The Balaban J connectivity index is 2.09. The lowest BCUT2D eigenvalue weighted by Crippen LogP contribution is -1.98. The number of hydrogen-bond acceptors (Lipinski definition) is 4. The van der Waals surface area contributed by atoms with Gasteiger partial charge in [0.05, 0.1) is 5.69 Å². The van der Waals surface area contributed by atoms with Gasteiger partial charge in [0.2, 0.25) is 0 Å². The molecule has 0 aliphatic heterocycles. The Kier molecular flexibility index (Phi) is 3.13. The minimum atomic E-state index is 0.453. The molecule has 0 aliphatic rings. The number of anilines is 1. The first-order chi connectivity index (χ1) is 9.72. The van der Waals surface area contributed by atoms with Crippen LogP contribution in [0.5, 0.6) is 0 Å². The van der Waals surface area contributed by atoms with Crippen LogP contribution < -0.4 is 5.73 Å². The van der Waals surface area contributed by atoms with Crippen LogP contribution >= 0.6 is 0 Å². The van der Waals surface area contributed by atoms with Crippen molar-refractivity contribution in [3.05, 3.63) is 60.4 Å². The molecule has 0 bridgehead atoms. The van der Waals surface area contributed by atoms with Gasteiger partial charge in [-0.2, -0.15) is 0 Å². The van der Waals surface area contributed by atoms with Gasteiger partial charge >= 0.3 is 0 Å². The molecule has 0 saturated carbocycles. The smallest absolute Gasteiger partial charge is 0.163 e. The number of nitrogens with zero attached hydrogens (tertiary/aromatic N) is 3. The first-order valence-corrected chi connectivity index (χ1v) is 6.35. The first kappa shape index (κ1) is 12.3. The second kappa shape index (κ2) is 5.09. The number of pyridine rings is 1. The van der Waals surface area contributed by atoms with Crippen LogP contribution in [0.3, 0.4) is 0 Å². The molecule has 0 spiro atoms. The number of nitrogen functional groups attached to an aromatic ring is 1. The summed E-state index contributed by atoms with van der Waals surface area (Å²) >= 11 is 0. The Morgan fingerprint density at radius 1 is 0.900 bits per heavy atom. The lowest BCUT2D eigenvalue weighted by molar-refractivity contribution is 1.15. The maximum Gasteiger partial charge on any atom is 0.163 e. The standard InChI is InChI=1S/C16H14N4/c1-11-7-8-13(10-18-11)16-19-14(9-15(17)20-16)12-5-3-2-4-6-12/h2-10H,1H3,(H2,17,19,20). The summed E-state index contributed by atoms with van der Waals surface area (Å²) < 4.78 is 0. The molecule has 4 nitrogen and oxygen atoms in total. The van der Waals surface area contributed by atoms with Gasteiger partial charge in [0, 0.05) is 29.1 Å². The van der Waals surface area contributed by atoms with Crippen molar-refractivity contribution in [2.24, 2.45) is 0 Å². The molecule has 2 heterocycles. The number of aromatic nitrogens is 3. The summed E-state index contributed by atoms with van der Waals surface area (Å²) in [6, 6.07) is 15.6. The van der Waals surface area contributed by atoms with Crippen molar-refractivity contribution < 1.29 is 0 Å². The minimum Gasteiger partial charge on any atom is -0.384 e. The molecule has 0 radical (unpaired) electrons. The van der Waals surface area contributed by atoms with E-state index >= 15 is 0 Å². The zero-order valence-electron chi connectivity index (χ0n) is 11.1. The van der Waals surface area contributed by atoms with Crippen LogP contribution in [0.25, 0.3) is 22.6 Å². The Labute approximate surface area is 117 Å². The van der Waals surface area contributed by atoms with Crippen molar-refractivity contribution in [2.45, 2.75) is 6.92 Å². The third kappa shape index (κ3) is 2.49. The molecule has 0 atom stereocenters. The van der Waals surface area contributed by atoms with E-state index in [1.54, 1.807) is 12.3 Å². The van der Waals surface area contributed by atoms with Crippen molar-refractivity contribution in [1.82, 2.24) is 15.0 Å². The van der Waals surface area contributed by atoms with Crippen LogP contribution in [0.1, 0.15) is 5.69 Å². The zero-order chi connectivity index (χ0) is 13.9. The van der Waals surface area contributed by atoms with Gasteiger partial charge in [0.1, 0.15) is 5.82 Å². The van der Waals surface area contributed by atoms with Crippen LogP contribution in [-0.2, 0) is 0 Å². The molecule has 0 saturated heterocycles. The highest BCUT2D eigenvalue weighted by Gasteiger charge is 2.07. The fraction of sp³-hybridized carbons (Fsp3) is 0.0625. The molecule has 2 aromatic heterocycles. The third-order valence-electron chi connectivity index (χ3n) is 2.99. The lowest BCUT2D eigenvalue weighted by Gasteiger charge is -2.06. The maximum absolute atomic E-state index is 5.89. The SMILES string of the molecule is Cc1ccc(-c2nc(N)cc(-c3ccccc3)n2)cn1. The van der Waals surface area contributed by atoms with Gasteiger partial charge in [0.15, 0.2) is 5.82 Å². The number of nitrogens with two attached hydrogens (primary N) is 1. The highest BCUT2D eigenvalue weighted by molar-refractivity contribution is 5.66. The van der Waals surface area contributed by atoms with E-state index in [1.165, 1.54) is 0 Å². The highest BCUT2D eigenvalue weighted by atomic mass is 14.9. The van der Waals surface area contributed by atoms with Gasteiger partial charge in [-0.05, 0) is 19.1 Å². The Hall–Kier alpha value is -2.75. The summed E-state index contributed by atoms with van der Waals surface area (Å²) in [7, 11) is 0. The molecule has 98 valence electrons. The normalized spacial score (nSPS) is 10.4. The first-order valence-electron chi connectivity index (χ1n) is 6.35. The quantitative estimate of drug-likeness (QED) is 0.770. The minimum absolute atomic E-state index is 0.453. The fourth-order valence-corrected chi connectivity index (χ4v) is 1.95. The molecule has 0 amide bonds. The Morgan fingerprint density at radius 2 is 1.70 bits per heavy atom. The van der Waals surface area contributed by atoms with E-state index in [9.17, 15) is 0 Å². The molecule has 3 rings (SSSR count). The zero-order valence-corrected chi connectivity index (χ0v) is 11.1.